The van der Waals surface area contributed by atoms with Crippen LogP contribution in [0, 0.1) is 0 Å². The molecule has 1 aliphatic heterocycles. The number of amides is 3. The summed E-state index contributed by atoms with van der Waals surface area (Å²) < 4.78 is 1.70. The zero-order valence-electron chi connectivity index (χ0n) is 15.4. The van der Waals surface area contributed by atoms with Crippen molar-refractivity contribution >= 4 is 11.9 Å². The van der Waals surface area contributed by atoms with Crippen molar-refractivity contribution in [3.63, 3.8) is 0 Å². The Morgan fingerprint density at radius 3 is 2.57 bits per heavy atom. The third-order valence-corrected chi connectivity index (χ3v) is 4.72. The van der Waals surface area contributed by atoms with Gasteiger partial charge in [0.2, 0.25) is 0 Å². The van der Waals surface area contributed by atoms with Crippen molar-refractivity contribution in [3.05, 3.63) is 71.2 Å². The summed E-state index contributed by atoms with van der Waals surface area (Å²) in [5.74, 6) is -0.156. The second kappa shape index (κ2) is 7.15. The van der Waals surface area contributed by atoms with Crippen molar-refractivity contribution in [2.45, 2.75) is 19.6 Å². The predicted octanol–water partition coefficient (Wildman–Crippen LogP) is 1.81. The van der Waals surface area contributed by atoms with Crippen LogP contribution in [0.3, 0.4) is 0 Å². The third kappa shape index (κ3) is 3.57. The standard InChI is InChI=1S/C20H20N6O2/c1-25-9-8-16(24-25)10-22-19(27)14-4-2-13(3-5-14)17-7-6-15-11-26(20(21)28)12-18(15)23-17/h2-9H,10-12H2,1H3,(H2,21,28)(H,22,27). The van der Waals surface area contributed by atoms with Crippen LogP contribution in [0.4, 0.5) is 4.79 Å². The van der Waals surface area contributed by atoms with Crippen LogP contribution in [-0.4, -0.2) is 31.6 Å². The molecule has 0 atom stereocenters. The molecule has 3 N–H and O–H groups in total. The van der Waals surface area contributed by atoms with Crippen LogP contribution in [0.15, 0.2) is 48.7 Å². The van der Waals surface area contributed by atoms with E-state index in [1.54, 1.807) is 21.7 Å². The number of nitrogens with zero attached hydrogens (tertiary/aromatic N) is 4. The Balaban J connectivity index is 1.44. The van der Waals surface area contributed by atoms with Gasteiger partial charge in [0, 0.05) is 30.9 Å². The molecule has 0 aliphatic carbocycles. The first kappa shape index (κ1) is 17.7. The molecule has 0 radical (unpaired) electrons. The van der Waals surface area contributed by atoms with Crippen molar-refractivity contribution in [1.29, 1.82) is 0 Å². The number of urea groups is 1. The number of aryl methyl sites for hydroxylation is 1. The second-order valence-corrected chi connectivity index (χ2v) is 6.74. The number of hydrogen-bond acceptors (Lipinski definition) is 4. The molecule has 8 nitrogen and oxygen atoms in total. The first-order valence-electron chi connectivity index (χ1n) is 8.90. The third-order valence-electron chi connectivity index (χ3n) is 4.72. The largest absolute Gasteiger partial charge is 0.351 e. The number of pyridine rings is 1. The van der Waals surface area contributed by atoms with Gasteiger partial charge in [0.15, 0.2) is 0 Å². The molecule has 4 rings (SSSR count). The zero-order valence-corrected chi connectivity index (χ0v) is 15.4. The molecule has 8 heteroatoms. The Labute approximate surface area is 162 Å². The lowest BCUT2D eigenvalue weighted by molar-refractivity contribution is 0.0950. The molecule has 2 aromatic heterocycles. The Morgan fingerprint density at radius 2 is 1.89 bits per heavy atom. The summed E-state index contributed by atoms with van der Waals surface area (Å²) in [6.07, 6.45) is 1.84. The normalized spacial score (nSPS) is 12.7. The maximum atomic E-state index is 12.3. The van der Waals surface area contributed by atoms with E-state index in [0.717, 1.165) is 28.2 Å². The highest BCUT2D eigenvalue weighted by Gasteiger charge is 2.23. The van der Waals surface area contributed by atoms with Crippen molar-refractivity contribution in [1.82, 2.24) is 25.0 Å². The Kier molecular flexibility index (Phi) is 4.52. The van der Waals surface area contributed by atoms with Crippen LogP contribution in [0.2, 0.25) is 0 Å². The minimum absolute atomic E-state index is 0.156. The molecule has 3 amide bonds. The van der Waals surface area contributed by atoms with E-state index in [2.05, 4.69) is 15.4 Å². The number of benzene rings is 1. The van der Waals surface area contributed by atoms with Gasteiger partial charge in [-0.05, 0) is 29.8 Å². The van der Waals surface area contributed by atoms with Gasteiger partial charge in [-0.2, -0.15) is 5.10 Å². The maximum absolute atomic E-state index is 12.3. The zero-order chi connectivity index (χ0) is 19.7. The number of nitrogens with one attached hydrogen (secondary N) is 1. The summed E-state index contributed by atoms with van der Waals surface area (Å²) in [5.41, 5.74) is 10.3. The van der Waals surface area contributed by atoms with Crippen LogP contribution in [0.5, 0.6) is 0 Å². The number of carbonyl (C=O) groups excluding carboxylic acids is 2. The van der Waals surface area contributed by atoms with Gasteiger partial charge in [0.25, 0.3) is 5.91 Å². The first-order valence-corrected chi connectivity index (χ1v) is 8.90. The van der Waals surface area contributed by atoms with Crippen molar-refractivity contribution < 1.29 is 9.59 Å². The first-order chi connectivity index (χ1) is 13.5. The van der Waals surface area contributed by atoms with Gasteiger partial charge in [-0.3, -0.25) is 14.5 Å². The van der Waals surface area contributed by atoms with Gasteiger partial charge < -0.3 is 16.0 Å². The summed E-state index contributed by atoms with van der Waals surface area (Å²) in [6, 6.07) is 12.6. The van der Waals surface area contributed by atoms with E-state index in [1.165, 1.54) is 0 Å². The smallest absolute Gasteiger partial charge is 0.315 e. The molecule has 1 aromatic carbocycles. The Hall–Kier alpha value is -3.68. The fourth-order valence-electron chi connectivity index (χ4n) is 3.19. The van der Waals surface area contributed by atoms with E-state index in [-0.39, 0.29) is 5.91 Å². The molecule has 3 heterocycles. The van der Waals surface area contributed by atoms with Gasteiger partial charge in [0.05, 0.1) is 30.2 Å². The molecule has 0 spiro atoms. The van der Waals surface area contributed by atoms with Gasteiger partial charge in [-0.15, -0.1) is 0 Å². The highest BCUT2D eigenvalue weighted by molar-refractivity contribution is 5.94. The predicted molar refractivity (Wildman–Crippen MR) is 103 cm³/mol. The van der Waals surface area contributed by atoms with Crippen molar-refractivity contribution in [2.24, 2.45) is 12.8 Å². The molecule has 28 heavy (non-hydrogen) atoms. The summed E-state index contributed by atoms with van der Waals surface area (Å²) in [5, 5.41) is 7.09. The van der Waals surface area contributed by atoms with Crippen molar-refractivity contribution in [3.8, 4) is 11.3 Å². The molecule has 0 saturated carbocycles. The quantitative estimate of drug-likeness (QED) is 0.724. The van der Waals surface area contributed by atoms with Crippen LogP contribution in [0.25, 0.3) is 11.3 Å². The summed E-state index contributed by atoms with van der Waals surface area (Å²) in [7, 11) is 1.84. The van der Waals surface area contributed by atoms with E-state index in [1.807, 2.05) is 43.6 Å². The van der Waals surface area contributed by atoms with E-state index < -0.39 is 6.03 Å². The van der Waals surface area contributed by atoms with Crippen LogP contribution < -0.4 is 11.1 Å². The molecule has 0 unspecified atom stereocenters. The fraction of sp³-hybridized carbons (Fsp3) is 0.200. The molecular weight excluding hydrogens is 356 g/mol. The number of fused-ring (bicyclic) bond motifs is 1. The van der Waals surface area contributed by atoms with E-state index >= 15 is 0 Å². The van der Waals surface area contributed by atoms with Gasteiger partial charge in [-0.1, -0.05) is 18.2 Å². The molecule has 142 valence electrons. The average molecular weight is 376 g/mol. The number of carbonyl (C=O) groups is 2. The SMILES string of the molecule is Cn1ccc(CNC(=O)c2ccc(-c3ccc4c(n3)CN(C(N)=O)C4)cc2)n1. The van der Waals surface area contributed by atoms with Gasteiger partial charge >= 0.3 is 6.03 Å². The van der Waals surface area contributed by atoms with E-state index in [4.69, 9.17) is 5.73 Å². The van der Waals surface area contributed by atoms with Crippen LogP contribution >= 0.6 is 0 Å². The second-order valence-electron chi connectivity index (χ2n) is 6.74. The molecule has 3 aromatic rings. The van der Waals surface area contributed by atoms with E-state index in [9.17, 15) is 9.59 Å². The summed E-state index contributed by atoms with van der Waals surface area (Å²) in [6.45, 7) is 1.30. The molecule has 0 bridgehead atoms. The summed E-state index contributed by atoms with van der Waals surface area (Å²) in [4.78, 5) is 29.9. The lowest BCUT2D eigenvalue weighted by Crippen LogP contribution is -2.30. The number of hydrogen-bond donors (Lipinski definition) is 2. The van der Waals surface area contributed by atoms with Crippen molar-refractivity contribution in [2.75, 3.05) is 0 Å². The number of nitrogens with two attached hydrogens (primary N) is 1. The van der Waals surface area contributed by atoms with E-state index in [0.29, 0.717) is 25.2 Å². The minimum Gasteiger partial charge on any atom is -0.351 e. The Bertz CT molecular complexity index is 1040. The number of primary amides is 1. The molecular formula is C20H20N6O2. The topological polar surface area (TPSA) is 106 Å². The monoisotopic (exact) mass is 376 g/mol. The highest BCUT2D eigenvalue weighted by atomic mass is 16.2. The molecule has 1 aliphatic rings. The van der Waals surface area contributed by atoms with Gasteiger partial charge in [-0.25, -0.2) is 4.79 Å². The lowest BCUT2D eigenvalue weighted by atomic mass is 10.1. The molecule has 0 saturated heterocycles. The fourth-order valence-corrected chi connectivity index (χ4v) is 3.19. The van der Waals surface area contributed by atoms with Crippen LogP contribution in [-0.2, 0) is 26.7 Å². The number of rotatable bonds is 4. The van der Waals surface area contributed by atoms with Crippen LogP contribution in [0.1, 0.15) is 27.3 Å². The Morgan fingerprint density at radius 1 is 1.11 bits per heavy atom. The lowest BCUT2D eigenvalue weighted by Gasteiger charge is -2.09. The molecule has 0 fully saturated rings. The highest BCUT2D eigenvalue weighted by Crippen LogP contribution is 2.25. The summed E-state index contributed by atoms with van der Waals surface area (Å²) >= 11 is 0. The minimum atomic E-state index is -0.444. The average Bonchev–Trinajstić information content (AvgIpc) is 3.31. The number of aromatic nitrogens is 3. The van der Waals surface area contributed by atoms with Gasteiger partial charge in [0.1, 0.15) is 0 Å². The maximum Gasteiger partial charge on any atom is 0.315 e.